The minimum atomic E-state index is 0.580. The summed E-state index contributed by atoms with van der Waals surface area (Å²) in [4.78, 5) is 2.70. The number of likely N-dealkylation sites (tertiary alicyclic amines) is 1. The maximum absolute atomic E-state index is 5.79. The van der Waals surface area contributed by atoms with Gasteiger partial charge in [0.15, 0.2) is 0 Å². The van der Waals surface area contributed by atoms with Gasteiger partial charge in [0.25, 0.3) is 0 Å². The second-order valence-electron chi connectivity index (χ2n) is 6.73. The summed E-state index contributed by atoms with van der Waals surface area (Å²) in [7, 11) is 0. The Morgan fingerprint density at radius 2 is 2.14 bits per heavy atom. The van der Waals surface area contributed by atoms with Crippen LogP contribution in [0.2, 0.25) is 0 Å². The van der Waals surface area contributed by atoms with E-state index >= 15 is 0 Å². The van der Waals surface area contributed by atoms with Crippen LogP contribution in [0.4, 0.5) is 0 Å². The standard InChI is InChI=1S/C18H28N2O/c1-14(2)19-12-16-6-5-10-20(16)13-15-9-11-21-18-8-4-3-7-17(15)18/h3-4,7-8,14-16,19H,5-6,9-13H2,1-2H3. The molecule has 1 fully saturated rings. The van der Waals surface area contributed by atoms with Crippen molar-refractivity contribution in [3.63, 3.8) is 0 Å². The molecule has 0 aromatic heterocycles. The minimum absolute atomic E-state index is 0.580. The zero-order valence-electron chi connectivity index (χ0n) is 13.3. The van der Waals surface area contributed by atoms with Gasteiger partial charge in [0.05, 0.1) is 6.61 Å². The van der Waals surface area contributed by atoms with E-state index in [1.165, 1.54) is 31.5 Å². The fourth-order valence-electron chi connectivity index (χ4n) is 3.63. The fourth-order valence-corrected chi connectivity index (χ4v) is 3.63. The third-order valence-electron chi connectivity index (χ3n) is 4.80. The monoisotopic (exact) mass is 288 g/mol. The Morgan fingerprint density at radius 3 is 3.00 bits per heavy atom. The van der Waals surface area contributed by atoms with Gasteiger partial charge in [0.1, 0.15) is 5.75 Å². The first-order valence-corrected chi connectivity index (χ1v) is 8.43. The molecule has 2 unspecified atom stereocenters. The van der Waals surface area contributed by atoms with Crippen LogP contribution in [0.5, 0.6) is 5.75 Å². The highest BCUT2D eigenvalue weighted by atomic mass is 16.5. The number of hydrogen-bond acceptors (Lipinski definition) is 3. The molecule has 0 aliphatic carbocycles. The van der Waals surface area contributed by atoms with Crippen molar-refractivity contribution in [3.05, 3.63) is 29.8 Å². The van der Waals surface area contributed by atoms with Gasteiger partial charge in [-0.2, -0.15) is 0 Å². The summed E-state index contributed by atoms with van der Waals surface area (Å²) in [5, 5.41) is 3.61. The maximum atomic E-state index is 5.79. The Hall–Kier alpha value is -1.06. The van der Waals surface area contributed by atoms with Gasteiger partial charge in [-0.3, -0.25) is 4.90 Å². The van der Waals surface area contributed by atoms with Crippen LogP contribution in [0.1, 0.15) is 44.6 Å². The average molecular weight is 288 g/mol. The number of fused-ring (bicyclic) bond motifs is 1. The van der Waals surface area contributed by atoms with E-state index in [9.17, 15) is 0 Å². The van der Waals surface area contributed by atoms with E-state index in [1.54, 1.807) is 0 Å². The minimum Gasteiger partial charge on any atom is -0.493 e. The molecule has 1 saturated heterocycles. The van der Waals surface area contributed by atoms with E-state index in [0.717, 1.165) is 25.3 Å². The third kappa shape index (κ3) is 3.58. The van der Waals surface area contributed by atoms with Gasteiger partial charge in [-0.05, 0) is 37.4 Å². The molecule has 1 aromatic carbocycles. The van der Waals surface area contributed by atoms with Crippen molar-refractivity contribution in [1.82, 2.24) is 10.2 Å². The predicted octanol–water partition coefficient (Wildman–Crippen LogP) is 3.02. The van der Waals surface area contributed by atoms with Crippen LogP contribution in [0.3, 0.4) is 0 Å². The largest absolute Gasteiger partial charge is 0.493 e. The lowest BCUT2D eigenvalue weighted by molar-refractivity contribution is 0.196. The summed E-state index contributed by atoms with van der Waals surface area (Å²) in [6, 6.07) is 9.87. The molecule has 2 heterocycles. The molecule has 0 amide bonds. The Labute approximate surface area is 128 Å². The van der Waals surface area contributed by atoms with Gasteiger partial charge in [0, 0.05) is 31.1 Å². The normalized spacial score (nSPS) is 25.9. The van der Waals surface area contributed by atoms with Gasteiger partial charge < -0.3 is 10.1 Å². The highest BCUT2D eigenvalue weighted by molar-refractivity contribution is 5.38. The van der Waals surface area contributed by atoms with Crippen molar-refractivity contribution in [3.8, 4) is 5.75 Å². The maximum Gasteiger partial charge on any atom is 0.122 e. The van der Waals surface area contributed by atoms with Crippen LogP contribution in [0, 0.1) is 0 Å². The molecule has 0 spiro atoms. The van der Waals surface area contributed by atoms with Crippen LogP contribution >= 0.6 is 0 Å². The number of ether oxygens (including phenoxy) is 1. The van der Waals surface area contributed by atoms with Crippen molar-refractivity contribution >= 4 is 0 Å². The molecule has 116 valence electrons. The molecule has 3 heteroatoms. The quantitative estimate of drug-likeness (QED) is 0.901. The number of nitrogens with zero attached hydrogens (tertiary/aromatic N) is 1. The second kappa shape index (κ2) is 6.80. The fraction of sp³-hybridized carbons (Fsp3) is 0.667. The molecule has 0 saturated carbocycles. The van der Waals surface area contributed by atoms with Crippen molar-refractivity contribution in [2.24, 2.45) is 0 Å². The lowest BCUT2D eigenvalue weighted by atomic mass is 9.92. The predicted molar refractivity (Wildman–Crippen MR) is 87.0 cm³/mol. The number of hydrogen-bond donors (Lipinski definition) is 1. The molecular weight excluding hydrogens is 260 g/mol. The van der Waals surface area contributed by atoms with Crippen molar-refractivity contribution in [1.29, 1.82) is 0 Å². The number of nitrogens with one attached hydrogen (secondary N) is 1. The molecule has 1 aromatic rings. The number of rotatable bonds is 5. The number of para-hydroxylation sites is 1. The average Bonchev–Trinajstić information content (AvgIpc) is 2.93. The molecule has 2 aliphatic heterocycles. The van der Waals surface area contributed by atoms with E-state index in [4.69, 9.17) is 4.74 Å². The van der Waals surface area contributed by atoms with Crippen LogP contribution in [0.15, 0.2) is 24.3 Å². The highest BCUT2D eigenvalue weighted by Gasteiger charge is 2.29. The molecule has 2 atom stereocenters. The SMILES string of the molecule is CC(C)NCC1CCCN1CC1CCOc2ccccc21. The molecule has 0 radical (unpaired) electrons. The Morgan fingerprint density at radius 1 is 1.29 bits per heavy atom. The van der Waals surface area contributed by atoms with E-state index in [2.05, 4.69) is 48.3 Å². The zero-order chi connectivity index (χ0) is 14.7. The lowest BCUT2D eigenvalue weighted by Crippen LogP contribution is -2.42. The summed E-state index contributed by atoms with van der Waals surface area (Å²) >= 11 is 0. The van der Waals surface area contributed by atoms with Gasteiger partial charge >= 0.3 is 0 Å². The van der Waals surface area contributed by atoms with Crippen molar-refractivity contribution in [2.45, 2.75) is 51.1 Å². The molecule has 3 rings (SSSR count). The van der Waals surface area contributed by atoms with E-state index < -0.39 is 0 Å². The first-order valence-electron chi connectivity index (χ1n) is 8.43. The van der Waals surface area contributed by atoms with E-state index in [1.807, 2.05) is 0 Å². The van der Waals surface area contributed by atoms with E-state index in [-0.39, 0.29) is 0 Å². The summed E-state index contributed by atoms with van der Waals surface area (Å²) in [5.41, 5.74) is 1.41. The summed E-state index contributed by atoms with van der Waals surface area (Å²) in [5.74, 6) is 1.74. The Bertz CT molecular complexity index is 460. The summed E-state index contributed by atoms with van der Waals surface area (Å²) in [6.07, 6.45) is 3.83. The van der Waals surface area contributed by atoms with Crippen LogP contribution in [0.25, 0.3) is 0 Å². The topological polar surface area (TPSA) is 24.5 Å². The first-order chi connectivity index (χ1) is 10.2. The van der Waals surface area contributed by atoms with Gasteiger partial charge in [-0.25, -0.2) is 0 Å². The van der Waals surface area contributed by atoms with Crippen LogP contribution < -0.4 is 10.1 Å². The summed E-state index contributed by atoms with van der Waals surface area (Å²) < 4.78 is 5.79. The lowest BCUT2D eigenvalue weighted by Gasteiger charge is -2.32. The van der Waals surface area contributed by atoms with Crippen molar-refractivity contribution in [2.75, 3.05) is 26.2 Å². The smallest absolute Gasteiger partial charge is 0.122 e. The molecule has 3 nitrogen and oxygen atoms in total. The van der Waals surface area contributed by atoms with Gasteiger partial charge in [-0.1, -0.05) is 32.0 Å². The first kappa shape index (κ1) is 14.9. The summed E-state index contributed by atoms with van der Waals surface area (Å²) in [6.45, 7) is 8.89. The third-order valence-corrected chi connectivity index (χ3v) is 4.80. The van der Waals surface area contributed by atoms with Crippen molar-refractivity contribution < 1.29 is 4.74 Å². The zero-order valence-corrected chi connectivity index (χ0v) is 13.3. The molecule has 21 heavy (non-hydrogen) atoms. The molecular formula is C18H28N2O. The molecule has 0 bridgehead atoms. The van der Waals surface area contributed by atoms with E-state index in [0.29, 0.717) is 18.0 Å². The van der Waals surface area contributed by atoms with Crippen LogP contribution in [-0.2, 0) is 0 Å². The van der Waals surface area contributed by atoms with Gasteiger partial charge in [0.2, 0.25) is 0 Å². The molecule has 2 aliphatic rings. The molecule has 1 N–H and O–H groups in total. The highest BCUT2D eigenvalue weighted by Crippen LogP contribution is 2.35. The number of benzene rings is 1. The second-order valence-corrected chi connectivity index (χ2v) is 6.73. The van der Waals surface area contributed by atoms with Crippen LogP contribution in [-0.4, -0.2) is 43.2 Å². The Kier molecular flexibility index (Phi) is 4.81. The van der Waals surface area contributed by atoms with Gasteiger partial charge in [-0.15, -0.1) is 0 Å². The Balaban J connectivity index is 1.63.